The highest BCUT2D eigenvalue weighted by atomic mass is 32.2. The molecule has 0 heterocycles. The molecule has 0 saturated carbocycles. The average Bonchev–Trinajstić information content (AvgIpc) is 2.97. The molecule has 0 unspecified atom stereocenters. The highest BCUT2D eigenvalue weighted by Gasteiger charge is 2.33. The van der Waals surface area contributed by atoms with Crippen LogP contribution in [0, 0.1) is 5.82 Å². The molecule has 0 aliphatic heterocycles. The average molecular weight is 584 g/mol. The van der Waals surface area contributed by atoms with E-state index in [1.54, 1.807) is 0 Å². The van der Waals surface area contributed by atoms with Crippen molar-refractivity contribution in [3.8, 4) is 5.75 Å². The third kappa shape index (κ3) is 8.53. The van der Waals surface area contributed by atoms with Gasteiger partial charge in [-0.3, -0.25) is 13.9 Å². The van der Waals surface area contributed by atoms with Gasteiger partial charge in [-0.15, -0.1) is 0 Å². The smallest absolute Gasteiger partial charge is 0.264 e. The zero-order valence-electron chi connectivity index (χ0n) is 23.8. The Bertz CT molecular complexity index is 1370. The molecule has 0 radical (unpaired) electrons. The topological polar surface area (TPSA) is 96.0 Å². The zero-order valence-corrected chi connectivity index (χ0v) is 24.6. The minimum atomic E-state index is -4.26. The summed E-state index contributed by atoms with van der Waals surface area (Å²) in [5.41, 5.74) is 0.914. The van der Waals surface area contributed by atoms with Crippen molar-refractivity contribution in [2.24, 2.45) is 0 Å². The Morgan fingerprint density at radius 3 is 2.17 bits per heavy atom. The number of carbonyl (C=O) groups is 2. The van der Waals surface area contributed by atoms with Crippen LogP contribution in [0.2, 0.25) is 0 Å². The van der Waals surface area contributed by atoms with E-state index in [-0.39, 0.29) is 23.0 Å². The van der Waals surface area contributed by atoms with Crippen molar-refractivity contribution in [3.05, 3.63) is 90.2 Å². The number of anilines is 1. The first-order valence-corrected chi connectivity index (χ1v) is 15.3. The van der Waals surface area contributed by atoms with Crippen LogP contribution in [-0.2, 0) is 26.2 Å². The summed E-state index contributed by atoms with van der Waals surface area (Å²) in [4.78, 5) is 28.5. The highest BCUT2D eigenvalue weighted by molar-refractivity contribution is 7.92. The number of benzene rings is 3. The summed E-state index contributed by atoms with van der Waals surface area (Å²) in [5.74, 6) is -0.901. The number of ether oxygens (including phenoxy) is 1. The summed E-state index contributed by atoms with van der Waals surface area (Å²) in [6.45, 7) is 6.07. The van der Waals surface area contributed by atoms with E-state index in [1.165, 1.54) is 41.3 Å². The number of halogens is 1. The molecule has 0 aromatic heterocycles. The molecule has 220 valence electrons. The van der Waals surface area contributed by atoms with Gasteiger partial charge in [-0.2, -0.15) is 0 Å². The Labute approximate surface area is 242 Å². The van der Waals surface area contributed by atoms with Crippen LogP contribution < -0.4 is 14.4 Å². The van der Waals surface area contributed by atoms with E-state index in [1.807, 2.05) is 51.1 Å². The molecule has 8 nitrogen and oxygen atoms in total. The molecule has 0 fully saturated rings. The van der Waals surface area contributed by atoms with Gasteiger partial charge in [-0.1, -0.05) is 50.6 Å². The molecular formula is C31H38FN3O5S. The van der Waals surface area contributed by atoms with Crippen LogP contribution in [0.25, 0.3) is 0 Å². The molecule has 3 aromatic carbocycles. The second-order valence-electron chi connectivity index (χ2n) is 9.47. The van der Waals surface area contributed by atoms with Crippen molar-refractivity contribution in [1.82, 2.24) is 10.2 Å². The van der Waals surface area contributed by atoms with Crippen molar-refractivity contribution in [2.45, 2.75) is 57.5 Å². The zero-order chi connectivity index (χ0) is 29.8. The van der Waals surface area contributed by atoms with Crippen LogP contribution >= 0.6 is 0 Å². The Hall–Kier alpha value is -3.92. The second kappa shape index (κ2) is 15.2. The summed E-state index contributed by atoms with van der Waals surface area (Å²) in [6.07, 6.45) is 2.03. The van der Waals surface area contributed by atoms with E-state index < -0.39 is 34.3 Å². The van der Waals surface area contributed by atoms with Gasteiger partial charge in [0, 0.05) is 13.1 Å². The van der Waals surface area contributed by atoms with E-state index in [4.69, 9.17) is 4.74 Å². The molecular weight excluding hydrogens is 545 g/mol. The Morgan fingerprint density at radius 2 is 1.59 bits per heavy atom. The lowest BCUT2D eigenvalue weighted by Gasteiger charge is -2.33. The lowest BCUT2D eigenvalue weighted by molar-refractivity contribution is -0.140. The van der Waals surface area contributed by atoms with Crippen LogP contribution in [0.1, 0.15) is 45.6 Å². The number of hydrogen-bond donors (Lipinski definition) is 1. The first-order chi connectivity index (χ1) is 19.7. The third-order valence-corrected chi connectivity index (χ3v) is 8.32. The Balaban J connectivity index is 2.00. The number of amides is 2. The van der Waals surface area contributed by atoms with Crippen molar-refractivity contribution < 1.29 is 27.1 Å². The summed E-state index contributed by atoms with van der Waals surface area (Å²) in [5, 5.41) is 2.90. The number of hydrogen-bond acceptors (Lipinski definition) is 5. The number of rotatable bonds is 15. The van der Waals surface area contributed by atoms with Crippen molar-refractivity contribution in [3.63, 3.8) is 0 Å². The predicted molar refractivity (Wildman–Crippen MR) is 158 cm³/mol. The van der Waals surface area contributed by atoms with E-state index in [0.29, 0.717) is 25.3 Å². The van der Waals surface area contributed by atoms with Gasteiger partial charge in [0.15, 0.2) is 0 Å². The van der Waals surface area contributed by atoms with Crippen LogP contribution in [0.3, 0.4) is 0 Å². The van der Waals surface area contributed by atoms with E-state index in [2.05, 4.69) is 5.32 Å². The van der Waals surface area contributed by atoms with Crippen molar-refractivity contribution >= 4 is 27.5 Å². The first kappa shape index (κ1) is 31.6. The normalized spacial score (nSPS) is 11.9. The number of unbranched alkanes of at least 4 members (excludes halogenated alkanes) is 1. The number of sulfonamides is 1. The molecule has 0 aliphatic rings. The van der Waals surface area contributed by atoms with E-state index in [0.717, 1.165) is 34.8 Å². The minimum Gasteiger partial charge on any atom is -0.494 e. The second-order valence-corrected chi connectivity index (χ2v) is 11.3. The van der Waals surface area contributed by atoms with Crippen LogP contribution in [-0.4, -0.2) is 50.9 Å². The SMILES string of the molecule is CCCCNC(=O)[C@@H](CC)N(Cc1ccccc1)C(=O)CN(c1ccc(F)cc1)S(=O)(=O)c1ccc(OCC)cc1. The summed E-state index contributed by atoms with van der Waals surface area (Å²) in [7, 11) is -4.26. The summed E-state index contributed by atoms with van der Waals surface area (Å²) >= 11 is 0. The molecule has 3 rings (SSSR count). The molecule has 3 aromatic rings. The molecule has 0 saturated heterocycles. The monoisotopic (exact) mass is 583 g/mol. The molecule has 2 amide bonds. The fourth-order valence-corrected chi connectivity index (χ4v) is 5.76. The molecule has 1 atom stereocenters. The van der Waals surface area contributed by atoms with Gasteiger partial charge >= 0.3 is 0 Å². The molecule has 0 spiro atoms. The van der Waals surface area contributed by atoms with Crippen LogP contribution in [0.15, 0.2) is 83.8 Å². The molecule has 1 N–H and O–H groups in total. The van der Waals surface area contributed by atoms with Gasteiger partial charge in [0.2, 0.25) is 11.8 Å². The maximum atomic E-state index is 14.0. The third-order valence-electron chi connectivity index (χ3n) is 6.53. The molecule has 0 aliphatic carbocycles. The van der Waals surface area contributed by atoms with Crippen molar-refractivity contribution in [2.75, 3.05) is 24.0 Å². The fraction of sp³-hybridized carbons (Fsp3) is 0.355. The van der Waals surface area contributed by atoms with Crippen LogP contribution in [0.4, 0.5) is 10.1 Å². The molecule has 10 heteroatoms. The largest absolute Gasteiger partial charge is 0.494 e. The van der Waals surface area contributed by atoms with Gasteiger partial charge < -0.3 is 15.0 Å². The molecule has 0 bridgehead atoms. The Kier molecular flexibility index (Phi) is 11.7. The van der Waals surface area contributed by atoms with E-state index >= 15 is 0 Å². The number of nitrogens with one attached hydrogen (secondary N) is 1. The fourth-order valence-electron chi connectivity index (χ4n) is 4.34. The number of nitrogens with zero attached hydrogens (tertiary/aromatic N) is 2. The van der Waals surface area contributed by atoms with Gasteiger partial charge in [-0.25, -0.2) is 12.8 Å². The lowest BCUT2D eigenvalue weighted by Crippen LogP contribution is -2.52. The van der Waals surface area contributed by atoms with Gasteiger partial charge in [0.25, 0.3) is 10.0 Å². The standard InChI is InChI=1S/C31H38FN3O5S/c1-4-7-21-33-31(37)29(5-2)34(22-24-11-9-8-10-12-24)30(36)23-35(26-15-13-25(32)14-16-26)41(38,39)28-19-17-27(18-20-28)40-6-3/h8-20,29H,4-7,21-23H2,1-3H3,(H,33,37)/t29-/m1/s1. The predicted octanol–water partition coefficient (Wildman–Crippen LogP) is 5.14. The van der Waals surface area contributed by atoms with E-state index in [9.17, 15) is 22.4 Å². The van der Waals surface area contributed by atoms with Crippen LogP contribution in [0.5, 0.6) is 5.75 Å². The number of carbonyl (C=O) groups excluding carboxylic acids is 2. The van der Waals surface area contributed by atoms with Crippen molar-refractivity contribution in [1.29, 1.82) is 0 Å². The maximum Gasteiger partial charge on any atom is 0.264 e. The Morgan fingerprint density at radius 1 is 0.927 bits per heavy atom. The first-order valence-electron chi connectivity index (χ1n) is 13.8. The molecule has 41 heavy (non-hydrogen) atoms. The summed E-state index contributed by atoms with van der Waals surface area (Å²) in [6, 6.07) is 19.2. The maximum absolute atomic E-state index is 14.0. The van der Waals surface area contributed by atoms with Gasteiger partial charge in [-0.05, 0) is 73.9 Å². The highest BCUT2D eigenvalue weighted by Crippen LogP contribution is 2.26. The summed E-state index contributed by atoms with van der Waals surface area (Å²) < 4.78 is 48.0. The quantitative estimate of drug-likeness (QED) is 0.250. The van der Waals surface area contributed by atoms with Gasteiger partial charge in [0.05, 0.1) is 17.2 Å². The lowest BCUT2D eigenvalue weighted by atomic mass is 10.1. The van der Waals surface area contributed by atoms with Gasteiger partial charge in [0.1, 0.15) is 24.2 Å². The minimum absolute atomic E-state index is 0.0583.